The maximum atomic E-state index is 6.11. The minimum absolute atomic E-state index is 0.123. The zero-order valence-corrected chi connectivity index (χ0v) is 13.4. The van der Waals surface area contributed by atoms with Gasteiger partial charge in [0.1, 0.15) is 0 Å². The molecule has 112 valence electrons. The van der Waals surface area contributed by atoms with E-state index in [1.54, 1.807) is 20.3 Å². The van der Waals surface area contributed by atoms with Crippen molar-refractivity contribution in [2.75, 3.05) is 20.8 Å². The first-order valence-electron chi connectivity index (χ1n) is 6.84. The van der Waals surface area contributed by atoms with Crippen molar-refractivity contribution in [2.24, 2.45) is 5.73 Å². The first kappa shape index (κ1) is 17.1. The van der Waals surface area contributed by atoms with Gasteiger partial charge >= 0.3 is 8.80 Å². The van der Waals surface area contributed by atoms with E-state index in [2.05, 4.69) is 18.7 Å². The van der Waals surface area contributed by atoms with Crippen LogP contribution in [0.4, 0.5) is 0 Å². The first-order chi connectivity index (χ1) is 9.69. The topological polar surface area (TPSA) is 53.7 Å². The Morgan fingerprint density at radius 3 is 2.40 bits per heavy atom. The summed E-state index contributed by atoms with van der Waals surface area (Å²) in [6, 6.07) is 10.9. The van der Waals surface area contributed by atoms with Gasteiger partial charge < -0.3 is 19.0 Å². The van der Waals surface area contributed by atoms with E-state index in [1.165, 1.54) is 5.56 Å². The van der Waals surface area contributed by atoms with E-state index in [1.807, 2.05) is 18.2 Å². The molecule has 2 N–H and O–H groups in total. The molecule has 5 heteroatoms. The molecule has 20 heavy (non-hydrogen) atoms. The molecule has 0 spiro atoms. The van der Waals surface area contributed by atoms with Crippen molar-refractivity contribution < 1.29 is 13.3 Å². The molecular formula is C15H25NO3Si. The molecule has 0 saturated heterocycles. The fourth-order valence-electron chi connectivity index (χ4n) is 2.01. The average Bonchev–Trinajstić information content (AvgIpc) is 2.51. The molecule has 0 heterocycles. The fraction of sp³-hybridized carbons (Fsp3) is 0.467. The molecule has 0 bridgehead atoms. The first-order valence-corrected chi connectivity index (χ1v) is 8.77. The Kier molecular flexibility index (Phi) is 7.72. The van der Waals surface area contributed by atoms with E-state index in [0.29, 0.717) is 6.54 Å². The molecular weight excluding hydrogens is 270 g/mol. The van der Waals surface area contributed by atoms with Crippen LogP contribution in [0, 0.1) is 0 Å². The molecule has 1 atom stereocenters. The summed E-state index contributed by atoms with van der Waals surface area (Å²) in [7, 11) is 0.614. The summed E-state index contributed by atoms with van der Waals surface area (Å²) in [5, 5.41) is 0. The number of nitrogens with two attached hydrogens (primary N) is 1. The van der Waals surface area contributed by atoms with Crippen molar-refractivity contribution >= 4 is 8.80 Å². The molecule has 0 aliphatic carbocycles. The second-order valence-corrected chi connectivity index (χ2v) is 7.48. The highest BCUT2D eigenvalue weighted by molar-refractivity contribution is 6.60. The third-order valence-corrected chi connectivity index (χ3v) is 6.05. The maximum absolute atomic E-state index is 6.11. The van der Waals surface area contributed by atoms with E-state index in [9.17, 15) is 0 Å². The van der Waals surface area contributed by atoms with E-state index in [0.717, 1.165) is 18.9 Å². The van der Waals surface area contributed by atoms with Crippen LogP contribution in [0.25, 0.3) is 0 Å². The van der Waals surface area contributed by atoms with E-state index >= 15 is 0 Å². The summed E-state index contributed by atoms with van der Waals surface area (Å²) in [4.78, 5) is 0. The third kappa shape index (κ3) is 5.18. The van der Waals surface area contributed by atoms with E-state index in [-0.39, 0.29) is 6.10 Å². The van der Waals surface area contributed by atoms with Crippen LogP contribution in [0.5, 0.6) is 0 Å². The van der Waals surface area contributed by atoms with Crippen molar-refractivity contribution in [1.82, 2.24) is 0 Å². The number of rotatable bonds is 10. The van der Waals surface area contributed by atoms with Gasteiger partial charge in [0.25, 0.3) is 0 Å². The third-order valence-electron chi connectivity index (χ3n) is 3.18. The summed E-state index contributed by atoms with van der Waals surface area (Å²) < 4.78 is 17.2. The van der Waals surface area contributed by atoms with Gasteiger partial charge in [0.05, 0.1) is 6.10 Å². The van der Waals surface area contributed by atoms with Gasteiger partial charge in [-0.2, -0.15) is 0 Å². The van der Waals surface area contributed by atoms with Crippen LogP contribution >= 0.6 is 0 Å². The van der Waals surface area contributed by atoms with Crippen molar-refractivity contribution in [1.29, 1.82) is 0 Å². The predicted octanol–water partition coefficient (Wildman–Crippen LogP) is 2.38. The normalized spacial score (nSPS) is 13.2. The summed E-state index contributed by atoms with van der Waals surface area (Å²) in [5.41, 5.74) is 6.77. The highest BCUT2D eigenvalue weighted by atomic mass is 28.4. The number of hydrogen-bond acceptors (Lipinski definition) is 4. The highest BCUT2D eigenvalue weighted by Gasteiger charge is 2.40. The Morgan fingerprint density at radius 2 is 1.90 bits per heavy atom. The SMILES string of the molecule is C=CC(Cc1ccccc1)O[Si](CCCN)(OC)OC. The second-order valence-electron chi connectivity index (χ2n) is 4.57. The zero-order valence-electron chi connectivity index (χ0n) is 12.4. The average molecular weight is 295 g/mol. The van der Waals surface area contributed by atoms with Gasteiger partial charge in [0.2, 0.25) is 0 Å². The van der Waals surface area contributed by atoms with Gasteiger partial charge in [-0.1, -0.05) is 36.4 Å². The van der Waals surface area contributed by atoms with Crippen LogP contribution in [-0.2, 0) is 19.7 Å². The number of hydrogen-bond donors (Lipinski definition) is 1. The highest BCUT2D eigenvalue weighted by Crippen LogP contribution is 2.20. The van der Waals surface area contributed by atoms with Crippen molar-refractivity contribution in [3.8, 4) is 0 Å². The Hall–Kier alpha value is -0.983. The van der Waals surface area contributed by atoms with Crippen LogP contribution in [0.2, 0.25) is 6.04 Å². The molecule has 1 rings (SSSR count). The lowest BCUT2D eigenvalue weighted by Gasteiger charge is -2.30. The molecule has 0 aliphatic heterocycles. The van der Waals surface area contributed by atoms with Crippen LogP contribution in [0.1, 0.15) is 12.0 Å². The van der Waals surface area contributed by atoms with Gasteiger partial charge in [0.15, 0.2) is 0 Å². The van der Waals surface area contributed by atoms with Crippen LogP contribution in [0.15, 0.2) is 43.0 Å². The summed E-state index contributed by atoms with van der Waals surface area (Å²) in [6.07, 6.45) is 3.26. The molecule has 1 aromatic rings. The lowest BCUT2D eigenvalue weighted by atomic mass is 10.1. The molecule has 0 aliphatic rings. The van der Waals surface area contributed by atoms with Crippen LogP contribution in [0.3, 0.4) is 0 Å². The summed E-state index contributed by atoms with van der Waals surface area (Å²) in [5.74, 6) is 0. The summed E-state index contributed by atoms with van der Waals surface area (Å²) in [6.45, 7) is 4.45. The Bertz CT molecular complexity index is 382. The smallest absolute Gasteiger partial charge is 0.377 e. The van der Waals surface area contributed by atoms with Crippen molar-refractivity contribution in [2.45, 2.75) is 25.0 Å². The molecule has 0 radical (unpaired) electrons. The fourth-order valence-corrected chi connectivity index (χ4v) is 4.17. The molecule has 0 saturated carbocycles. The van der Waals surface area contributed by atoms with Crippen molar-refractivity contribution in [3.63, 3.8) is 0 Å². The van der Waals surface area contributed by atoms with E-state index in [4.69, 9.17) is 19.0 Å². The quantitative estimate of drug-likeness (QED) is 0.532. The molecule has 0 aromatic heterocycles. The summed E-state index contributed by atoms with van der Waals surface area (Å²) >= 11 is 0. The van der Waals surface area contributed by atoms with Gasteiger partial charge in [-0.15, -0.1) is 6.58 Å². The minimum Gasteiger partial charge on any atom is -0.377 e. The largest absolute Gasteiger partial charge is 0.500 e. The Morgan fingerprint density at radius 1 is 1.25 bits per heavy atom. The molecule has 1 unspecified atom stereocenters. The predicted molar refractivity (Wildman–Crippen MR) is 83.5 cm³/mol. The molecule has 1 aromatic carbocycles. The molecule has 0 fully saturated rings. The zero-order chi connectivity index (χ0) is 14.8. The lowest BCUT2D eigenvalue weighted by Crippen LogP contribution is -2.47. The lowest BCUT2D eigenvalue weighted by molar-refractivity contribution is 0.0734. The van der Waals surface area contributed by atoms with Gasteiger partial charge in [-0.3, -0.25) is 0 Å². The second kappa shape index (κ2) is 9.04. The van der Waals surface area contributed by atoms with Crippen molar-refractivity contribution in [3.05, 3.63) is 48.6 Å². The standard InChI is InChI=1S/C15H25NO3Si/c1-4-15(13-14-9-6-5-7-10-14)19-20(17-2,18-3)12-8-11-16/h4-7,9-10,15H,1,8,11-13,16H2,2-3H3. The monoisotopic (exact) mass is 295 g/mol. The van der Waals surface area contributed by atoms with Crippen LogP contribution in [-0.4, -0.2) is 35.7 Å². The molecule has 0 amide bonds. The van der Waals surface area contributed by atoms with Gasteiger partial charge in [-0.05, 0) is 18.5 Å². The van der Waals surface area contributed by atoms with E-state index < -0.39 is 8.80 Å². The van der Waals surface area contributed by atoms with Crippen LogP contribution < -0.4 is 5.73 Å². The minimum atomic E-state index is -2.65. The van der Waals surface area contributed by atoms with Gasteiger partial charge in [-0.25, -0.2) is 0 Å². The number of benzene rings is 1. The Labute approximate surface area is 122 Å². The maximum Gasteiger partial charge on any atom is 0.500 e. The van der Waals surface area contributed by atoms with Gasteiger partial charge in [0, 0.05) is 26.7 Å². The Balaban J connectivity index is 2.70. The molecule has 4 nitrogen and oxygen atoms in total.